The molecule has 0 spiro atoms. The van der Waals surface area contributed by atoms with Gasteiger partial charge in [-0.2, -0.15) is 18.3 Å². The van der Waals surface area contributed by atoms with E-state index in [1.165, 1.54) is 36.7 Å². The molecule has 0 bridgehead atoms. The molecule has 13 heteroatoms. The summed E-state index contributed by atoms with van der Waals surface area (Å²) in [6, 6.07) is 5.38. The molecule has 3 N–H and O–H groups in total. The Morgan fingerprint density at radius 1 is 1.23 bits per heavy atom. The van der Waals surface area contributed by atoms with Crippen LogP contribution in [0.5, 0.6) is 0 Å². The number of amides is 1. The Hall–Kier alpha value is -3.29. The zero-order valence-electron chi connectivity index (χ0n) is 15.9. The number of pyridine rings is 1. The lowest BCUT2D eigenvalue weighted by atomic mass is 10.0. The lowest BCUT2D eigenvalue weighted by Gasteiger charge is -2.23. The van der Waals surface area contributed by atoms with Gasteiger partial charge in [0.2, 0.25) is 10.0 Å². The van der Waals surface area contributed by atoms with Crippen molar-refractivity contribution in [3.8, 4) is 11.1 Å². The molecule has 3 aromatic rings. The molecule has 0 aliphatic carbocycles. The fraction of sp³-hybridized carbons (Fsp3) is 0.167. The standard InChI is InChI=1S/C18H16F3N5O4S/c1-25(28)17(27)15(12-3-2-4-13(9-12)31(22,29)30)26-16(18(19,20)21)14(10-24-26)11-5-7-23-8-6-11/h2-10,15,28H,1H3,(H2,22,29,30). The highest BCUT2D eigenvalue weighted by molar-refractivity contribution is 7.89. The monoisotopic (exact) mass is 455 g/mol. The summed E-state index contributed by atoms with van der Waals surface area (Å²) in [4.78, 5) is 16.0. The van der Waals surface area contributed by atoms with Gasteiger partial charge in [-0.05, 0) is 35.4 Å². The van der Waals surface area contributed by atoms with Crippen LogP contribution in [0.25, 0.3) is 11.1 Å². The van der Waals surface area contributed by atoms with Crippen molar-refractivity contribution in [2.24, 2.45) is 5.14 Å². The van der Waals surface area contributed by atoms with Crippen LogP contribution in [0.2, 0.25) is 0 Å². The molecule has 1 atom stereocenters. The number of hydrogen-bond acceptors (Lipinski definition) is 6. The SMILES string of the molecule is CN(O)C(=O)C(c1cccc(S(N)(=O)=O)c1)n1ncc(-c2ccncc2)c1C(F)(F)F. The first-order valence-electron chi connectivity index (χ1n) is 8.55. The third kappa shape index (κ3) is 4.57. The van der Waals surface area contributed by atoms with Crippen LogP contribution in [0.3, 0.4) is 0 Å². The summed E-state index contributed by atoms with van der Waals surface area (Å²) < 4.78 is 65.9. The Labute approximate surface area is 174 Å². The summed E-state index contributed by atoms with van der Waals surface area (Å²) in [6.07, 6.45) is -1.42. The molecule has 0 saturated carbocycles. The Balaban J connectivity index is 2.29. The summed E-state index contributed by atoms with van der Waals surface area (Å²) in [5.41, 5.74) is -1.61. The average Bonchev–Trinajstić information content (AvgIpc) is 3.13. The number of nitrogens with two attached hydrogens (primary N) is 1. The largest absolute Gasteiger partial charge is 0.433 e. The van der Waals surface area contributed by atoms with Crippen LogP contribution in [0.15, 0.2) is 59.9 Å². The zero-order chi connectivity index (χ0) is 23.0. The van der Waals surface area contributed by atoms with Crippen molar-refractivity contribution in [3.05, 3.63) is 66.2 Å². The summed E-state index contributed by atoms with van der Waals surface area (Å²) in [6.45, 7) is 0. The van der Waals surface area contributed by atoms with Gasteiger partial charge in [0.1, 0.15) is 0 Å². The number of carbonyl (C=O) groups is 1. The van der Waals surface area contributed by atoms with Crippen LogP contribution in [0.1, 0.15) is 17.3 Å². The van der Waals surface area contributed by atoms with E-state index >= 15 is 0 Å². The summed E-state index contributed by atoms with van der Waals surface area (Å²) in [5.74, 6) is -1.18. The third-order valence-electron chi connectivity index (χ3n) is 4.36. The minimum Gasteiger partial charge on any atom is -0.286 e. The number of likely N-dealkylation sites (N-methyl/N-ethyl adjacent to an activating group) is 1. The lowest BCUT2D eigenvalue weighted by molar-refractivity contribution is -0.164. The van der Waals surface area contributed by atoms with Crippen LogP contribution >= 0.6 is 0 Å². The zero-order valence-corrected chi connectivity index (χ0v) is 16.7. The van der Waals surface area contributed by atoms with Crippen molar-refractivity contribution >= 4 is 15.9 Å². The summed E-state index contributed by atoms with van der Waals surface area (Å²) >= 11 is 0. The lowest BCUT2D eigenvalue weighted by Crippen LogP contribution is -2.35. The minimum absolute atomic E-state index is 0.0994. The van der Waals surface area contributed by atoms with Gasteiger partial charge in [-0.3, -0.25) is 15.0 Å². The maximum Gasteiger partial charge on any atom is 0.433 e. The molecule has 1 amide bonds. The second-order valence-corrected chi connectivity index (χ2v) is 8.03. The maximum atomic E-state index is 14.1. The van der Waals surface area contributed by atoms with Crippen molar-refractivity contribution in [2.45, 2.75) is 17.1 Å². The minimum atomic E-state index is -4.95. The molecule has 0 aliphatic heterocycles. The third-order valence-corrected chi connectivity index (χ3v) is 5.27. The van der Waals surface area contributed by atoms with Crippen molar-refractivity contribution in [1.29, 1.82) is 0 Å². The molecule has 1 unspecified atom stereocenters. The first-order chi connectivity index (χ1) is 14.4. The van der Waals surface area contributed by atoms with Gasteiger partial charge in [0.15, 0.2) is 11.7 Å². The predicted molar refractivity (Wildman–Crippen MR) is 101 cm³/mol. The van der Waals surface area contributed by atoms with E-state index in [4.69, 9.17) is 5.14 Å². The smallest absolute Gasteiger partial charge is 0.286 e. The number of hydroxylamine groups is 2. The van der Waals surface area contributed by atoms with Gasteiger partial charge in [-0.15, -0.1) is 0 Å². The topological polar surface area (TPSA) is 131 Å². The molecule has 3 rings (SSSR count). The van der Waals surface area contributed by atoms with E-state index in [-0.39, 0.29) is 21.8 Å². The second kappa shape index (κ2) is 8.09. The molecule has 1 aromatic carbocycles. The molecule has 0 saturated heterocycles. The van der Waals surface area contributed by atoms with Gasteiger partial charge >= 0.3 is 6.18 Å². The second-order valence-electron chi connectivity index (χ2n) is 6.47. The number of halogens is 3. The van der Waals surface area contributed by atoms with E-state index in [1.807, 2.05) is 0 Å². The highest BCUT2D eigenvalue weighted by Crippen LogP contribution is 2.39. The van der Waals surface area contributed by atoms with E-state index in [2.05, 4.69) is 10.1 Å². The van der Waals surface area contributed by atoms with Crippen molar-refractivity contribution in [1.82, 2.24) is 19.8 Å². The van der Waals surface area contributed by atoms with Crippen LogP contribution in [0, 0.1) is 0 Å². The van der Waals surface area contributed by atoms with Gasteiger partial charge in [0, 0.05) is 25.0 Å². The van der Waals surface area contributed by atoms with Crippen molar-refractivity contribution in [3.63, 3.8) is 0 Å². The van der Waals surface area contributed by atoms with Crippen LogP contribution in [-0.4, -0.2) is 46.4 Å². The highest BCUT2D eigenvalue weighted by Gasteiger charge is 2.42. The summed E-state index contributed by atoms with van der Waals surface area (Å²) in [7, 11) is -3.28. The Morgan fingerprint density at radius 2 is 1.87 bits per heavy atom. The first-order valence-corrected chi connectivity index (χ1v) is 10.1. The number of sulfonamides is 1. The van der Waals surface area contributed by atoms with Crippen LogP contribution in [0.4, 0.5) is 13.2 Å². The normalized spacial score (nSPS) is 13.1. The fourth-order valence-corrected chi connectivity index (χ4v) is 3.58. The van der Waals surface area contributed by atoms with E-state index in [1.54, 1.807) is 0 Å². The number of carbonyl (C=O) groups excluding carboxylic acids is 1. The Morgan fingerprint density at radius 3 is 2.42 bits per heavy atom. The molecule has 0 fully saturated rings. The van der Waals surface area contributed by atoms with E-state index in [9.17, 15) is 31.6 Å². The number of aromatic nitrogens is 3. The van der Waals surface area contributed by atoms with Gasteiger partial charge in [0.25, 0.3) is 5.91 Å². The van der Waals surface area contributed by atoms with E-state index < -0.39 is 38.7 Å². The van der Waals surface area contributed by atoms with Crippen LogP contribution in [-0.2, 0) is 21.0 Å². The molecule has 31 heavy (non-hydrogen) atoms. The predicted octanol–water partition coefficient (Wildman–Crippen LogP) is 2.05. The van der Waals surface area contributed by atoms with Gasteiger partial charge < -0.3 is 0 Å². The molecular weight excluding hydrogens is 439 g/mol. The number of rotatable bonds is 5. The Bertz CT molecular complexity index is 1210. The fourth-order valence-electron chi connectivity index (χ4n) is 3.01. The molecule has 9 nitrogen and oxygen atoms in total. The molecule has 2 aromatic heterocycles. The molecule has 2 heterocycles. The van der Waals surface area contributed by atoms with Crippen LogP contribution < -0.4 is 5.14 Å². The quantitative estimate of drug-likeness (QED) is 0.447. The highest BCUT2D eigenvalue weighted by atomic mass is 32.2. The first kappa shape index (κ1) is 22.4. The number of hydrogen-bond donors (Lipinski definition) is 2. The molecular formula is C18H16F3N5O4S. The molecule has 0 radical (unpaired) electrons. The number of alkyl halides is 3. The Kier molecular flexibility index (Phi) is 5.85. The molecule has 164 valence electrons. The van der Waals surface area contributed by atoms with Gasteiger partial charge in [-0.1, -0.05) is 12.1 Å². The van der Waals surface area contributed by atoms with Crippen molar-refractivity contribution in [2.75, 3.05) is 7.05 Å². The summed E-state index contributed by atoms with van der Waals surface area (Å²) in [5, 5.41) is 18.6. The molecule has 0 aliphatic rings. The maximum absolute atomic E-state index is 14.1. The van der Waals surface area contributed by atoms with Gasteiger partial charge in [0.05, 0.1) is 11.1 Å². The number of nitrogens with zero attached hydrogens (tertiary/aromatic N) is 4. The van der Waals surface area contributed by atoms with Gasteiger partial charge in [-0.25, -0.2) is 23.3 Å². The number of benzene rings is 1. The number of primary sulfonamides is 1. The average molecular weight is 455 g/mol. The van der Waals surface area contributed by atoms with E-state index in [0.29, 0.717) is 4.68 Å². The van der Waals surface area contributed by atoms with E-state index in [0.717, 1.165) is 25.4 Å². The van der Waals surface area contributed by atoms with Crippen molar-refractivity contribution < 1.29 is 31.6 Å².